The highest BCUT2D eigenvalue weighted by molar-refractivity contribution is 5.89. The monoisotopic (exact) mass is 1080 g/mol. The molecule has 1 aromatic heterocycles. The highest BCUT2D eigenvalue weighted by atomic mass is 16.6. The van der Waals surface area contributed by atoms with Crippen molar-refractivity contribution in [3.8, 4) is 11.4 Å². The molecule has 2 aromatic carbocycles. The maximum atomic E-state index is 14.7. The Hall–Kier alpha value is -4.76. The topological polar surface area (TPSA) is 230 Å². The highest BCUT2D eigenvalue weighted by Crippen LogP contribution is 2.43. The molecule has 0 radical (unpaired) electrons. The van der Waals surface area contributed by atoms with Gasteiger partial charge < -0.3 is 39.7 Å². The summed E-state index contributed by atoms with van der Waals surface area (Å²) in [6, 6.07) is 13.0. The largest absolute Gasteiger partial charge is 0.506 e. The van der Waals surface area contributed by atoms with Crippen molar-refractivity contribution in [1.82, 2.24) is 35.1 Å². The molecule has 0 aliphatic carbocycles. The molecule has 4 N–H and O–H groups in total. The molecule has 4 fully saturated rings. The van der Waals surface area contributed by atoms with E-state index in [0.29, 0.717) is 44.2 Å². The van der Waals surface area contributed by atoms with Crippen LogP contribution in [-0.4, -0.2) is 155 Å². The van der Waals surface area contributed by atoms with Gasteiger partial charge in [-0.15, -0.1) is 15.0 Å². The maximum absolute atomic E-state index is 14.7. The van der Waals surface area contributed by atoms with Crippen LogP contribution in [0.4, 0.5) is 0 Å². The predicted molar refractivity (Wildman–Crippen MR) is 289 cm³/mol. The smallest absolute Gasteiger partial charge is 0.310 e. The summed E-state index contributed by atoms with van der Waals surface area (Å²) in [5, 5.41) is 55.1. The molecule has 0 spiro atoms. The quantitative estimate of drug-likeness (QED) is 0.0977. The zero-order valence-corrected chi connectivity index (χ0v) is 49.3. The Kier molecular flexibility index (Phi) is 17.6. The van der Waals surface area contributed by atoms with Crippen molar-refractivity contribution in [1.29, 1.82) is 0 Å². The lowest BCUT2D eigenvalue weighted by Gasteiger charge is -2.53. The standard InChI is InChI=1S/C45H80N4O11.C13H11N3O/c1-38(2)20-30(21-39(3,4)46(38)17)59-36(52)32(18-34(50)57-28-22-40(5,6)47(54)41(7,8)23-28)33(37(53)60-31-26-44(13,14)49(56)45(15,16)27-31)19-35(51)58-29-24-42(9,10)48(55)43(11,12)25-29;1-9-6-7-13(17)12(8-9)16-14-10-4-2-3-5-11(10)15-16/h28-33,54-56H,18-27H2,1-17H3;2-8,17H,1H3. The fraction of sp³-hybridized carbons (Fsp3) is 0.724. The number of esters is 4. The number of hydrogen-bond donors (Lipinski definition) is 4. The number of rotatable bonds is 12. The van der Waals surface area contributed by atoms with Crippen molar-refractivity contribution in [3.63, 3.8) is 0 Å². The van der Waals surface area contributed by atoms with Gasteiger partial charge in [-0.1, -0.05) is 18.2 Å². The molecular formula is C58H91N7O12. The number of benzene rings is 2. The molecule has 0 saturated carbocycles. The Morgan fingerprint density at radius 3 is 1.13 bits per heavy atom. The molecule has 0 amide bonds. The minimum Gasteiger partial charge on any atom is -0.506 e. The molecule has 4 aliphatic rings. The zero-order chi connectivity index (χ0) is 57.8. The number of aromatic hydroxyl groups is 1. The number of piperidine rings is 4. The van der Waals surface area contributed by atoms with E-state index >= 15 is 0 Å². The van der Waals surface area contributed by atoms with Gasteiger partial charge in [0.25, 0.3) is 0 Å². The van der Waals surface area contributed by atoms with Crippen LogP contribution in [0.3, 0.4) is 0 Å². The third-order valence-corrected chi connectivity index (χ3v) is 16.7. The Balaban J connectivity index is 0.000000471. The average Bonchev–Trinajstić information content (AvgIpc) is 3.71. The Labute approximate surface area is 456 Å². The van der Waals surface area contributed by atoms with Gasteiger partial charge in [0.05, 0.1) is 24.7 Å². The first-order valence-corrected chi connectivity index (χ1v) is 27.3. The number of aryl methyl sites for hydroxylation is 1. The Bertz CT molecular complexity index is 2400. The molecule has 7 rings (SSSR count). The van der Waals surface area contributed by atoms with Crippen LogP contribution < -0.4 is 0 Å². The van der Waals surface area contributed by atoms with Crippen LogP contribution in [0, 0.1) is 18.8 Å². The van der Waals surface area contributed by atoms with Gasteiger partial charge in [-0.2, -0.15) is 15.2 Å². The molecule has 19 heteroatoms. The van der Waals surface area contributed by atoms with Crippen LogP contribution >= 0.6 is 0 Å². The van der Waals surface area contributed by atoms with Crippen molar-refractivity contribution >= 4 is 34.9 Å². The van der Waals surface area contributed by atoms with E-state index in [0.717, 1.165) is 16.6 Å². The molecular weight excluding hydrogens is 987 g/mol. The molecule has 4 aliphatic heterocycles. The van der Waals surface area contributed by atoms with Gasteiger partial charge in [0.15, 0.2) is 0 Å². The summed E-state index contributed by atoms with van der Waals surface area (Å²) in [6.45, 7) is 32.5. The summed E-state index contributed by atoms with van der Waals surface area (Å²) < 4.78 is 24.7. The number of ether oxygens (including phenoxy) is 4. The molecule has 5 heterocycles. The van der Waals surface area contributed by atoms with E-state index in [2.05, 4.69) is 42.8 Å². The van der Waals surface area contributed by atoms with Crippen LogP contribution in [0.25, 0.3) is 16.7 Å². The van der Waals surface area contributed by atoms with E-state index in [1.54, 1.807) is 6.07 Å². The fourth-order valence-electron chi connectivity index (χ4n) is 13.0. The number of likely N-dealkylation sites (tertiary alicyclic amines) is 1. The second-order valence-electron chi connectivity index (χ2n) is 27.6. The third-order valence-electron chi connectivity index (χ3n) is 16.7. The van der Waals surface area contributed by atoms with E-state index in [1.165, 1.54) is 20.0 Å². The second-order valence-corrected chi connectivity index (χ2v) is 27.6. The minimum atomic E-state index is -1.49. The lowest BCUT2D eigenvalue weighted by molar-refractivity contribution is -0.261. The van der Waals surface area contributed by atoms with Crippen LogP contribution in [0.5, 0.6) is 5.75 Å². The van der Waals surface area contributed by atoms with Crippen molar-refractivity contribution in [2.45, 2.75) is 251 Å². The summed E-state index contributed by atoms with van der Waals surface area (Å²) in [4.78, 5) is 61.4. The van der Waals surface area contributed by atoms with Crippen molar-refractivity contribution in [2.24, 2.45) is 11.8 Å². The highest BCUT2D eigenvalue weighted by Gasteiger charge is 2.52. The normalized spacial score (nSPS) is 24.4. The van der Waals surface area contributed by atoms with Gasteiger partial charge in [-0.05, 0) is 155 Å². The summed E-state index contributed by atoms with van der Waals surface area (Å²) in [7, 11) is 2.04. The van der Waals surface area contributed by atoms with E-state index in [9.17, 15) is 39.9 Å². The molecule has 2 atom stereocenters. The van der Waals surface area contributed by atoms with Crippen molar-refractivity contribution < 1.29 is 58.9 Å². The second kappa shape index (κ2) is 22.1. The number of carbonyl (C=O) groups is 4. The van der Waals surface area contributed by atoms with Gasteiger partial charge in [0.1, 0.15) is 46.9 Å². The van der Waals surface area contributed by atoms with E-state index in [4.69, 9.17) is 18.9 Å². The zero-order valence-electron chi connectivity index (χ0n) is 49.3. The van der Waals surface area contributed by atoms with Gasteiger partial charge >= 0.3 is 23.9 Å². The lowest BCUT2D eigenvalue weighted by Crippen LogP contribution is -2.61. The predicted octanol–water partition coefficient (Wildman–Crippen LogP) is 9.49. The average molecular weight is 1080 g/mol. The first kappa shape index (κ1) is 61.5. The lowest BCUT2D eigenvalue weighted by atomic mass is 9.78. The summed E-state index contributed by atoms with van der Waals surface area (Å²) >= 11 is 0. The maximum Gasteiger partial charge on any atom is 0.310 e. The molecule has 3 aromatic rings. The SMILES string of the molecule is CN1C(C)(C)CC(OC(=O)C(CC(=O)OC2CC(C)(C)N(O)C(C)(C)C2)C(CC(=O)OC2CC(C)(C)N(O)C(C)(C)C2)C(=O)OC2CC(C)(C)N(O)C(C)(C)C2)CC1(C)C.Cc1ccc(O)c(-n2nc3ccccc3n2)c1. The van der Waals surface area contributed by atoms with E-state index in [1.807, 2.05) is 133 Å². The van der Waals surface area contributed by atoms with Crippen LogP contribution in [0.15, 0.2) is 42.5 Å². The number of hydrogen-bond acceptors (Lipinski definition) is 18. The van der Waals surface area contributed by atoms with E-state index < -0.39 is 106 Å². The van der Waals surface area contributed by atoms with Gasteiger partial charge in [0.2, 0.25) is 0 Å². The first-order valence-electron chi connectivity index (χ1n) is 27.3. The van der Waals surface area contributed by atoms with Gasteiger partial charge in [-0.25, -0.2) is 0 Å². The number of fused-ring (bicyclic) bond motifs is 1. The number of hydroxylamine groups is 6. The molecule has 77 heavy (non-hydrogen) atoms. The summed E-state index contributed by atoms with van der Waals surface area (Å²) in [6.07, 6.45) is -0.805. The molecule has 2 unspecified atom stereocenters. The minimum absolute atomic E-state index is 0.177. The summed E-state index contributed by atoms with van der Waals surface area (Å²) in [5.41, 5.74) is -1.88. The third kappa shape index (κ3) is 14.2. The number of carbonyl (C=O) groups excluding carboxylic acids is 4. The van der Waals surface area contributed by atoms with Crippen LogP contribution in [0.2, 0.25) is 0 Å². The number of phenols is 1. The van der Waals surface area contributed by atoms with Gasteiger partial charge in [-0.3, -0.25) is 24.1 Å². The molecule has 19 nitrogen and oxygen atoms in total. The molecule has 430 valence electrons. The van der Waals surface area contributed by atoms with Crippen molar-refractivity contribution in [2.75, 3.05) is 7.05 Å². The molecule has 4 saturated heterocycles. The fourth-order valence-corrected chi connectivity index (χ4v) is 13.0. The number of nitrogens with zero attached hydrogens (tertiary/aromatic N) is 7. The number of aromatic nitrogens is 3. The van der Waals surface area contributed by atoms with Crippen molar-refractivity contribution in [3.05, 3.63) is 48.0 Å². The Morgan fingerprint density at radius 1 is 0.506 bits per heavy atom. The van der Waals surface area contributed by atoms with E-state index in [-0.39, 0.29) is 29.7 Å². The summed E-state index contributed by atoms with van der Waals surface area (Å²) in [5.74, 6) is -5.95. The molecule has 0 bridgehead atoms. The van der Waals surface area contributed by atoms with Crippen LogP contribution in [0.1, 0.15) is 181 Å². The Morgan fingerprint density at radius 2 is 0.805 bits per heavy atom. The van der Waals surface area contributed by atoms with Gasteiger partial charge in [0, 0.05) is 95.7 Å². The number of phenolic OH excluding ortho intramolecular Hbond substituents is 1. The van der Waals surface area contributed by atoms with Crippen LogP contribution in [-0.2, 0) is 38.1 Å². The first-order chi connectivity index (χ1) is 35.2.